The lowest BCUT2D eigenvalue weighted by Gasteiger charge is -2.27. The van der Waals surface area contributed by atoms with E-state index in [1.165, 1.54) is 33.1 Å². The van der Waals surface area contributed by atoms with Crippen LogP contribution in [0, 0.1) is 0 Å². The molecule has 0 aromatic heterocycles. The second-order valence-corrected chi connectivity index (χ2v) is 10.8. The maximum atomic E-state index is 13.6. The molecule has 1 aliphatic heterocycles. The Bertz CT molecular complexity index is 1480. The van der Waals surface area contributed by atoms with E-state index < -0.39 is 6.04 Å². The van der Waals surface area contributed by atoms with Gasteiger partial charge in [-0.25, -0.2) is 4.99 Å². The van der Waals surface area contributed by atoms with Gasteiger partial charge in [0, 0.05) is 17.1 Å². The number of amidine groups is 1. The average molecular weight is 589 g/mol. The molecule has 220 valence electrons. The summed E-state index contributed by atoms with van der Waals surface area (Å²) in [5.74, 6) is 1.25. The normalized spacial score (nSPS) is 14.5. The van der Waals surface area contributed by atoms with Crippen LogP contribution in [0.4, 0.5) is 11.4 Å². The van der Waals surface area contributed by atoms with Crippen LogP contribution in [0.1, 0.15) is 43.9 Å². The van der Waals surface area contributed by atoms with Crippen LogP contribution in [-0.4, -0.2) is 44.1 Å². The summed E-state index contributed by atoms with van der Waals surface area (Å²) in [5, 5.41) is 9.72. The van der Waals surface area contributed by atoms with Crippen LogP contribution in [0.15, 0.2) is 83.0 Å². The Morgan fingerprint density at radius 3 is 2.19 bits per heavy atom. The fourth-order valence-electron chi connectivity index (χ4n) is 4.67. The van der Waals surface area contributed by atoms with Crippen LogP contribution in [-0.2, 0) is 9.59 Å². The number of thioether (sulfide) groups is 1. The molecule has 1 heterocycles. The number of hydrogen-bond acceptors (Lipinski definition) is 8. The minimum atomic E-state index is -0.712. The maximum absolute atomic E-state index is 13.6. The molecule has 0 fully saturated rings. The van der Waals surface area contributed by atoms with Crippen LogP contribution in [0.5, 0.6) is 17.2 Å². The lowest BCUT2D eigenvalue weighted by molar-refractivity contribution is -0.114. The first-order chi connectivity index (χ1) is 20.2. The lowest BCUT2D eigenvalue weighted by Crippen LogP contribution is -2.32. The van der Waals surface area contributed by atoms with E-state index in [-0.39, 0.29) is 23.5 Å². The van der Waals surface area contributed by atoms with Gasteiger partial charge in [0.1, 0.15) is 6.04 Å². The third-order valence-electron chi connectivity index (χ3n) is 6.69. The van der Waals surface area contributed by atoms with Crippen molar-refractivity contribution < 1.29 is 23.8 Å². The molecule has 2 amide bonds. The number of allylic oxidation sites excluding steroid dienone is 1. The van der Waals surface area contributed by atoms with E-state index in [1.54, 1.807) is 12.1 Å². The Kier molecular flexibility index (Phi) is 10.1. The van der Waals surface area contributed by atoms with Crippen molar-refractivity contribution in [3.05, 3.63) is 89.1 Å². The summed E-state index contributed by atoms with van der Waals surface area (Å²) in [6, 6.07) is 19.8. The Labute approximate surface area is 250 Å². The minimum Gasteiger partial charge on any atom is -0.493 e. The van der Waals surface area contributed by atoms with Crippen LogP contribution < -0.4 is 30.2 Å². The van der Waals surface area contributed by atoms with E-state index in [0.29, 0.717) is 44.9 Å². The first-order valence-corrected chi connectivity index (χ1v) is 14.5. The maximum Gasteiger partial charge on any atom is 0.255 e. The molecule has 0 bridgehead atoms. The molecule has 1 atom stereocenters. The van der Waals surface area contributed by atoms with Gasteiger partial charge in [-0.3, -0.25) is 9.59 Å². The lowest BCUT2D eigenvalue weighted by atomic mass is 9.95. The third-order valence-corrected chi connectivity index (χ3v) is 7.58. The van der Waals surface area contributed by atoms with Gasteiger partial charge in [-0.1, -0.05) is 62.0 Å². The molecule has 42 heavy (non-hydrogen) atoms. The van der Waals surface area contributed by atoms with Crippen molar-refractivity contribution in [3.8, 4) is 17.2 Å². The number of benzene rings is 3. The largest absolute Gasteiger partial charge is 0.493 e. The number of methoxy groups -OCH3 is 3. The van der Waals surface area contributed by atoms with E-state index in [2.05, 4.69) is 29.8 Å². The number of rotatable bonds is 10. The highest BCUT2D eigenvalue weighted by molar-refractivity contribution is 8.14. The van der Waals surface area contributed by atoms with E-state index in [0.717, 1.165) is 11.3 Å². The number of hydrogen-bond donors (Lipinski definition) is 3. The molecule has 0 radical (unpaired) electrons. The Morgan fingerprint density at radius 2 is 1.57 bits per heavy atom. The monoisotopic (exact) mass is 588 g/mol. The fraction of sp³-hybridized carbons (Fsp3) is 0.281. The standard InChI is InChI=1S/C32H36N4O5S/c1-19(2)23-14-10-11-15-24(23)35-27(37)18-42-32-33-20(3)28(31(38)34-22-12-8-7-9-13-22)29(36-32)21-16-25(39-4)30(41-6)26(17-21)40-5/h7-17,19,29H,18H2,1-6H3,(H,33,36)(H,34,38)(H,35,37)/t29-/m0/s1. The number of nitrogens with zero attached hydrogens (tertiary/aromatic N) is 1. The highest BCUT2D eigenvalue weighted by Gasteiger charge is 2.31. The van der Waals surface area contributed by atoms with Gasteiger partial charge in [-0.2, -0.15) is 0 Å². The third kappa shape index (κ3) is 7.06. The average Bonchev–Trinajstić information content (AvgIpc) is 2.99. The second-order valence-electron chi connectivity index (χ2n) is 9.86. The van der Waals surface area contributed by atoms with Crippen molar-refractivity contribution >= 4 is 40.1 Å². The summed E-state index contributed by atoms with van der Waals surface area (Å²) < 4.78 is 16.6. The van der Waals surface area contributed by atoms with Gasteiger partial charge in [-0.15, -0.1) is 0 Å². The predicted molar refractivity (Wildman–Crippen MR) is 169 cm³/mol. The number of anilines is 2. The summed E-state index contributed by atoms with van der Waals surface area (Å²) in [6.07, 6.45) is 0. The number of carbonyl (C=O) groups is 2. The van der Waals surface area contributed by atoms with Gasteiger partial charge in [0.25, 0.3) is 5.91 Å². The molecular formula is C32H36N4O5S. The topological polar surface area (TPSA) is 110 Å². The smallest absolute Gasteiger partial charge is 0.255 e. The van der Waals surface area contributed by atoms with Crippen molar-refractivity contribution in [2.75, 3.05) is 37.7 Å². The molecule has 0 unspecified atom stereocenters. The Hall–Kier alpha value is -4.44. The van der Waals surface area contributed by atoms with E-state index in [1.807, 2.05) is 61.5 Å². The number of amides is 2. The molecule has 0 saturated heterocycles. The van der Waals surface area contributed by atoms with Crippen LogP contribution in [0.3, 0.4) is 0 Å². The first-order valence-electron chi connectivity index (χ1n) is 13.5. The predicted octanol–water partition coefficient (Wildman–Crippen LogP) is 6.12. The molecular weight excluding hydrogens is 552 g/mol. The van der Waals surface area contributed by atoms with E-state index in [9.17, 15) is 9.59 Å². The summed E-state index contributed by atoms with van der Waals surface area (Å²) in [6.45, 7) is 5.99. The van der Waals surface area contributed by atoms with Gasteiger partial charge in [0.2, 0.25) is 11.7 Å². The zero-order chi connectivity index (χ0) is 30.2. The van der Waals surface area contributed by atoms with Gasteiger partial charge < -0.3 is 30.2 Å². The molecule has 3 N–H and O–H groups in total. The first kappa shape index (κ1) is 30.5. The highest BCUT2D eigenvalue weighted by Crippen LogP contribution is 2.43. The molecule has 1 aliphatic rings. The molecule has 0 spiro atoms. The van der Waals surface area contributed by atoms with Crippen LogP contribution in [0.25, 0.3) is 0 Å². The molecule has 0 aliphatic carbocycles. The number of para-hydroxylation sites is 2. The number of aliphatic imine (C=N–C) groups is 1. The Balaban J connectivity index is 1.64. The number of ether oxygens (including phenoxy) is 3. The van der Waals surface area contributed by atoms with Crippen molar-refractivity contribution in [1.29, 1.82) is 0 Å². The zero-order valence-electron chi connectivity index (χ0n) is 24.6. The second kappa shape index (κ2) is 14.0. The zero-order valence-corrected chi connectivity index (χ0v) is 25.4. The summed E-state index contributed by atoms with van der Waals surface area (Å²) in [7, 11) is 4.60. The molecule has 4 rings (SSSR count). The van der Waals surface area contributed by atoms with E-state index >= 15 is 0 Å². The highest BCUT2D eigenvalue weighted by atomic mass is 32.2. The molecule has 3 aromatic rings. The SMILES string of the molecule is COc1cc([C@@H]2N=C(SCC(=O)Nc3ccccc3C(C)C)NC(C)=C2C(=O)Nc2ccccc2)cc(OC)c1OC. The fourth-order valence-corrected chi connectivity index (χ4v) is 5.41. The molecule has 10 heteroatoms. The van der Waals surface area contributed by atoms with Crippen molar-refractivity contribution in [2.45, 2.75) is 32.7 Å². The summed E-state index contributed by atoms with van der Waals surface area (Å²) >= 11 is 1.26. The molecule has 9 nitrogen and oxygen atoms in total. The molecule has 3 aromatic carbocycles. The summed E-state index contributed by atoms with van der Waals surface area (Å²) in [5.41, 5.74) is 4.23. The Morgan fingerprint density at radius 1 is 0.929 bits per heavy atom. The van der Waals surface area contributed by atoms with Gasteiger partial charge in [0.15, 0.2) is 16.7 Å². The summed E-state index contributed by atoms with van der Waals surface area (Å²) in [4.78, 5) is 31.5. The van der Waals surface area contributed by atoms with Crippen molar-refractivity contribution in [3.63, 3.8) is 0 Å². The van der Waals surface area contributed by atoms with Crippen molar-refractivity contribution in [1.82, 2.24) is 5.32 Å². The van der Waals surface area contributed by atoms with E-state index in [4.69, 9.17) is 19.2 Å². The quantitative estimate of drug-likeness (QED) is 0.262. The minimum absolute atomic E-state index is 0.124. The van der Waals surface area contributed by atoms with Crippen molar-refractivity contribution in [2.24, 2.45) is 4.99 Å². The molecule has 0 saturated carbocycles. The van der Waals surface area contributed by atoms with Gasteiger partial charge in [-0.05, 0) is 54.3 Å². The number of carbonyl (C=O) groups excluding carboxylic acids is 2. The van der Waals surface area contributed by atoms with Gasteiger partial charge in [0.05, 0.1) is 32.7 Å². The van der Waals surface area contributed by atoms with Crippen LogP contribution in [0.2, 0.25) is 0 Å². The number of nitrogens with one attached hydrogen (secondary N) is 3. The van der Waals surface area contributed by atoms with Gasteiger partial charge >= 0.3 is 0 Å². The van der Waals surface area contributed by atoms with Crippen LogP contribution >= 0.6 is 11.8 Å².